The SMILES string of the molecule is CN1N=C2C(SC(c3cccnc3)N2CC(F)(F)F)C1c1ccc(F)cc1. The van der Waals surface area contributed by atoms with Gasteiger partial charge in [0.25, 0.3) is 0 Å². The zero-order valence-corrected chi connectivity index (χ0v) is 15.1. The molecule has 4 rings (SSSR count). The van der Waals surface area contributed by atoms with Crippen molar-refractivity contribution in [1.29, 1.82) is 0 Å². The highest BCUT2D eigenvalue weighted by atomic mass is 32.2. The van der Waals surface area contributed by atoms with Gasteiger partial charge in [0.05, 0.1) is 11.3 Å². The molecule has 3 unspecified atom stereocenters. The van der Waals surface area contributed by atoms with E-state index < -0.39 is 18.1 Å². The molecule has 0 aliphatic carbocycles. The number of thioether (sulfide) groups is 1. The third-order valence-electron chi connectivity index (χ3n) is 4.59. The van der Waals surface area contributed by atoms with E-state index in [0.717, 1.165) is 5.56 Å². The van der Waals surface area contributed by atoms with E-state index in [9.17, 15) is 17.6 Å². The maximum absolute atomic E-state index is 13.3. The summed E-state index contributed by atoms with van der Waals surface area (Å²) in [6.07, 6.45) is -1.19. The summed E-state index contributed by atoms with van der Waals surface area (Å²) in [4.78, 5) is 5.34. The molecule has 9 heteroatoms. The van der Waals surface area contributed by atoms with Crippen LogP contribution in [0.4, 0.5) is 17.6 Å². The largest absolute Gasteiger partial charge is 0.406 e. The number of halogens is 4. The van der Waals surface area contributed by atoms with Crippen LogP contribution in [0.3, 0.4) is 0 Å². The Morgan fingerprint density at radius 3 is 2.48 bits per heavy atom. The maximum atomic E-state index is 13.3. The van der Waals surface area contributed by atoms with Crippen molar-refractivity contribution in [3.63, 3.8) is 0 Å². The molecule has 0 amide bonds. The molecule has 1 fully saturated rings. The van der Waals surface area contributed by atoms with E-state index in [-0.39, 0.29) is 17.1 Å². The minimum Gasteiger partial charge on any atom is -0.332 e. The Hall–Kier alpha value is -2.29. The molecule has 1 aromatic carbocycles. The van der Waals surface area contributed by atoms with Crippen LogP contribution < -0.4 is 0 Å². The third-order valence-corrected chi connectivity index (χ3v) is 6.13. The molecule has 27 heavy (non-hydrogen) atoms. The summed E-state index contributed by atoms with van der Waals surface area (Å²) in [5.41, 5.74) is 1.51. The average Bonchev–Trinajstić information content (AvgIpc) is 3.11. The number of hydrogen-bond donors (Lipinski definition) is 0. The van der Waals surface area contributed by atoms with Crippen molar-refractivity contribution < 1.29 is 17.6 Å². The summed E-state index contributed by atoms with van der Waals surface area (Å²) in [7, 11) is 1.73. The number of hydrazone groups is 1. The van der Waals surface area contributed by atoms with Crippen molar-refractivity contribution in [2.24, 2.45) is 5.10 Å². The molecule has 3 atom stereocenters. The maximum Gasteiger partial charge on any atom is 0.406 e. The van der Waals surface area contributed by atoms with Gasteiger partial charge in [-0.25, -0.2) is 4.39 Å². The fourth-order valence-corrected chi connectivity index (χ4v) is 5.18. The lowest BCUT2D eigenvalue weighted by Crippen LogP contribution is -2.38. The number of rotatable bonds is 3. The van der Waals surface area contributed by atoms with Gasteiger partial charge < -0.3 is 4.90 Å². The summed E-state index contributed by atoms with van der Waals surface area (Å²) < 4.78 is 53.0. The standard InChI is InChI=1S/C18H16F4N4S/c1-25-14(11-4-6-13(19)7-5-11)15-16(24-25)26(10-18(20,21)22)17(27-15)12-3-2-8-23-9-12/h2-9,14-15,17H,10H2,1H3. The van der Waals surface area contributed by atoms with E-state index in [1.807, 2.05) is 0 Å². The van der Waals surface area contributed by atoms with Gasteiger partial charge in [-0.2, -0.15) is 18.3 Å². The quantitative estimate of drug-likeness (QED) is 0.728. The fourth-order valence-electron chi connectivity index (χ4n) is 3.49. The number of aromatic nitrogens is 1. The van der Waals surface area contributed by atoms with E-state index in [1.165, 1.54) is 28.8 Å². The van der Waals surface area contributed by atoms with Gasteiger partial charge in [-0.1, -0.05) is 18.2 Å². The van der Waals surface area contributed by atoms with Gasteiger partial charge in [-0.15, -0.1) is 11.8 Å². The van der Waals surface area contributed by atoms with Crippen LogP contribution in [-0.4, -0.2) is 45.7 Å². The van der Waals surface area contributed by atoms with Crippen LogP contribution in [0, 0.1) is 5.82 Å². The van der Waals surface area contributed by atoms with Crippen LogP contribution in [0.15, 0.2) is 53.9 Å². The molecule has 3 heterocycles. The van der Waals surface area contributed by atoms with E-state index >= 15 is 0 Å². The molecule has 2 aliphatic heterocycles. The van der Waals surface area contributed by atoms with Crippen LogP contribution in [0.5, 0.6) is 0 Å². The zero-order valence-electron chi connectivity index (χ0n) is 14.3. The van der Waals surface area contributed by atoms with E-state index in [1.54, 1.807) is 48.7 Å². The molecular formula is C18H16F4N4S. The zero-order chi connectivity index (χ0) is 19.2. The van der Waals surface area contributed by atoms with E-state index in [4.69, 9.17) is 0 Å². The third kappa shape index (κ3) is 3.47. The Bertz CT molecular complexity index is 841. The Morgan fingerprint density at radius 2 is 1.85 bits per heavy atom. The Balaban J connectivity index is 1.70. The molecule has 2 aromatic rings. The van der Waals surface area contributed by atoms with Crippen LogP contribution in [-0.2, 0) is 0 Å². The second-order valence-electron chi connectivity index (χ2n) is 6.47. The molecule has 0 spiro atoms. The minimum atomic E-state index is -4.36. The van der Waals surface area contributed by atoms with E-state index in [2.05, 4.69) is 10.1 Å². The molecule has 0 saturated carbocycles. The van der Waals surface area contributed by atoms with Crippen molar-refractivity contribution in [3.05, 3.63) is 65.7 Å². The Morgan fingerprint density at radius 1 is 1.11 bits per heavy atom. The second-order valence-corrected chi connectivity index (χ2v) is 7.69. The lowest BCUT2D eigenvalue weighted by molar-refractivity contribution is -0.138. The topological polar surface area (TPSA) is 31.7 Å². The number of pyridine rings is 1. The average molecular weight is 396 g/mol. The van der Waals surface area contributed by atoms with Gasteiger partial charge >= 0.3 is 6.18 Å². The number of amidine groups is 1. The first kappa shape index (κ1) is 18.1. The Kier molecular flexibility index (Phi) is 4.49. The second kappa shape index (κ2) is 6.70. The van der Waals surface area contributed by atoms with Gasteiger partial charge in [-0.05, 0) is 23.8 Å². The van der Waals surface area contributed by atoms with Gasteiger partial charge in [0.2, 0.25) is 0 Å². The number of hydrogen-bond acceptors (Lipinski definition) is 5. The highest BCUT2D eigenvalue weighted by Crippen LogP contribution is 2.52. The molecule has 0 bridgehead atoms. The molecule has 2 aliphatic rings. The summed E-state index contributed by atoms with van der Waals surface area (Å²) in [6, 6.07) is 9.23. The predicted octanol–water partition coefficient (Wildman–Crippen LogP) is 4.20. The van der Waals surface area contributed by atoms with Crippen LogP contribution in [0.1, 0.15) is 22.5 Å². The smallest absolute Gasteiger partial charge is 0.332 e. The first-order chi connectivity index (χ1) is 12.8. The molecule has 142 valence electrons. The van der Waals surface area contributed by atoms with Crippen molar-refractivity contribution in [3.8, 4) is 0 Å². The number of fused-ring (bicyclic) bond motifs is 1. The van der Waals surface area contributed by atoms with Crippen LogP contribution in [0.2, 0.25) is 0 Å². The van der Waals surface area contributed by atoms with Crippen molar-refractivity contribution in [1.82, 2.24) is 14.9 Å². The highest BCUT2D eigenvalue weighted by molar-refractivity contribution is 8.01. The van der Waals surface area contributed by atoms with Crippen molar-refractivity contribution in [2.75, 3.05) is 13.6 Å². The molecule has 1 saturated heterocycles. The normalized spacial score (nSPS) is 24.9. The van der Waals surface area contributed by atoms with Crippen LogP contribution >= 0.6 is 11.8 Å². The predicted molar refractivity (Wildman–Crippen MR) is 95.5 cm³/mol. The number of alkyl halides is 3. The number of benzene rings is 1. The lowest BCUT2D eigenvalue weighted by Gasteiger charge is -2.27. The molecule has 0 radical (unpaired) electrons. The van der Waals surface area contributed by atoms with Gasteiger partial charge in [0, 0.05) is 25.0 Å². The van der Waals surface area contributed by atoms with Crippen LogP contribution in [0.25, 0.3) is 0 Å². The van der Waals surface area contributed by atoms with E-state index in [0.29, 0.717) is 11.4 Å². The summed E-state index contributed by atoms with van der Waals surface area (Å²) in [6.45, 7) is -1.08. The Labute approximate surface area is 157 Å². The minimum absolute atomic E-state index is 0.261. The molecule has 4 nitrogen and oxygen atoms in total. The summed E-state index contributed by atoms with van der Waals surface area (Å²) >= 11 is 1.41. The first-order valence-electron chi connectivity index (χ1n) is 8.29. The lowest BCUT2D eigenvalue weighted by atomic mass is 10.0. The summed E-state index contributed by atoms with van der Waals surface area (Å²) in [5, 5.41) is 5.26. The monoisotopic (exact) mass is 396 g/mol. The highest BCUT2D eigenvalue weighted by Gasteiger charge is 2.51. The molecular weight excluding hydrogens is 380 g/mol. The number of nitrogens with zero attached hydrogens (tertiary/aromatic N) is 4. The molecule has 1 aromatic heterocycles. The van der Waals surface area contributed by atoms with Crippen molar-refractivity contribution in [2.45, 2.75) is 22.8 Å². The van der Waals surface area contributed by atoms with Gasteiger partial charge in [0.1, 0.15) is 23.6 Å². The van der Waals surface area contributed by atoms with Gasteiger partial charge in [0.15, 0.2) is 0 Å². The van der Waals surface area contributed by atoms with Crippen molar-refractivity contribution >= 4 is 17.6 Å². The summed E-state index contributed by atoms with van der Waals surface area (Å²) in [5.74, 6) is 0.0366. The molecule has 0 N–H and O–H groups in total. The van der Waals surface area contributed by atoms with Gasteiger partial charge in [-0.3, -0.25) is 9.99 Å². The fraction of sp³-hybridized carbons (Fsp3) is 0.333. The first-order valence-corrected chi connectivity index (χ1v) is 9.23.